The zero-order valence-corrected chi connectivity index (χ0v) is 9.51. The third-order valence-corrected chi connectivity index (χ3v) is 2.60. The molecule has 0 radical (unpaired) electrons. The summed E-state index contributed by atoms with van der Waals surface area (Å²) in [6.45, 7) is 6.77. The van der Waals surface area contributed by atoms with Gasteiger partial charge in [0.05, 0.1) is 0 Å². The third kappa shape index (κ3) is 4.99. The van der Waals surface area contributed by atoms with Crippen LogP contribution < -0.4 is 16.4 Å². The van der Waals surface area contributed by atoms with Gasteiger partial charge in [-0.1, -0.05) is 0 Å². The summed E-state index contributed by atoms with van der Waals surface area (Å²) in [7, 11) is 0. The number of nitrogens with two attached hydrogens (primary N) is 1. The summed E-state index contributed by atoms with van der Waals surface area (Å²) in [5, 5.41) is 6.73. The molecule has 4 N–H and O–H groups in total. The second kappa shape index (κ2) is 5.32. The van der Waals surface area contributed by atoms with Crippen LogP contribution >= 0.6 is 0 Å². The summed E-state index contributed by atoms with van der Waals surface area (Å²) in [5.41, 5.74) is 4.53. The number of nitrogens with one attached hydrogen (secondary N) is 2. The smallest absolute Gasteiger partial charge is 0.405 e. The molecule has 5 nitrogen and oxygen atoms in total. The molecule has 0 aliphatic carbocycles. The van der Waals surface area contributed by atoms with Crippen molar-refractivity contribution in [3.05, 3.63) is 0 Å². The standard InChI is InChI=1S/C10H21N3O2/c1-10(2,15-9(11)14)4-3-8-7-12-5-6-13-8/h8,12-13H,3-7H2,1-2H3,(H2,11,14). The van der Waals surface area contributed by atoms with Crippen LogP contribution in [0.1, 0.15) is 26.7 Å². The van der Waals surface area contributed by atoms with E-state index >= 15 is 0 Å². The predicted molar refractivity (Wildman–Crippen MR) is 58.6 cm³/mol. The minimum Gasteiger partial charge on any atom is -0.444 e. The molecule has 15 heavy (non-hydrogen) atoms. The molecule has 1 aliphatic rings. The van der Waals surface area contributed by atoms with Crippen LogP contribution in [0.25, 0.3) is 0 Å². The van der Waals surface area contributed by atoms with Crippen LogP contribution in [0.2, 0.25) is 0 Å². The van der Waals surface area contributed by atoms with Crippen molar-refractivity contribution in [3.63, 3.8) is 0 Å². The molecule has 1 heterocycles. The van der Waals surface area contributed by atoms with Crippen molar-refractivity contribution in [2.75, 3.05) is 19.6 Å². The van der Waals surface area contributed by atoms with Crippen molar-refractivity contribution in [2.45, 2.75) is 38.3 Å². The fraction of sp³-hybridized carbons (Fsp3) is 0.900. The van der Waals surface area contributed by atoms with Gasteiger partial charge in [0.2, 0.25) is 0 Å². The zero-order valence-electron chi connectivity index (χ0n) is 9.51. The molecule has 1 unspecified atom stereocenters. The van der Waals surface area contributed by atoms with Gasteiger partial charge < -0.3 is 21.1 Å². The number of carbonyl (C=O) groups excluding carboxylic acids is 1. The van der Waals surface area contributed by atoms with E-state index in [-0.39, 0.29) is 0 Å². The van der Waals surface area contributed by atoms with Crippen molar-refractivity contribution in [1.82, 2.24) is 10.6 Å². The Bertz CT molecular complexity index is 213. The lowest BCUT2D eigenvalue weighted by molar-refractivity contribution is 0.0352. The summed E-state index contributed by atoms with van der Waals surface area (Å²) >= 11 is 0. The monoisotopic (exact) mass is 215 g/mol. The number of carbonyl (C=O) groups is 1. The number of primary amides is 1. The van der Waals surface area contributed by atoms with Gasteiger partial charge in [-0.3, -0.25) is 0 Å². The Hall–Kier alpha value is -0.810. The van der Waals surface area contributed by atoms with E-state index in [0.29, 0.717) is 6.04 Å². The molecular formula is C10H21N3O2. The van der Waals surface area contributed by atoms with Crippen molar-refractivity contribution < 1.29 is 9.53 Å². The Morgan fingerprint density at radius 2 is 2.27 bits per heavy atom. The molecule has 0 aromatic heterocycles. The van der Waals surface area contributed by atoms with Gasteiger partial charge in [0.25, 0.3) is 0 Å². The Morgan fingerprint density at radius 3 is 2.80 bits per heavy atom. The average molecular weight is 215 g/mol. The lowest BCUT2D eigenvalue weighted by atomic mass is 9.98. The second-order valence-corrected chi connectivity index (χ2v) is 4.57. The molecule has 1 rings (SSSR count). The first-order valence-corrected chi connectivity index (χ1v) is 5.42. The maximum absolute atomic E-state index is 10.6. The lowest BCUT2D eigenvalue weighted by Crippen LogP contribution is -2.49. The fourth-order valence-electron chi connectivity index (χ4n) is 1.76. The molecule has 5 heteroatoms. The van der Waals surface area contributed by atoms with Crippen LogP contribution in [0.4, 0.5) is 4.79 Å². The van der Waals surface area contributed by atoms with E-state index in [9.17, 15) is 4.79 Å². The van der Waals surface area contributed by atoms with Crippen molar-refractivity contribution >= 4 is 6.09 Å². The van der Waals surface area contributed by atoms with Crippen LogP contribution in [0.5, 0.6) is 0 Å². The quantitative estimate of drug-likeness (QED) is 0.626. The number of hydrogen-bond donors (Lipinski definition) is 3. The minimum absolute atomic E-state index is 0.467. The SMILES string of the molecule is CC(C)(CCC1CNCCN1)OC(N)=O. The van der Waals surface area contributed by atoms with Gasteiger partial charge in [0.15, 0.2) is 0 Å². The van der Waals surface area contributed by atoms with E-state index in [1.807, 2.05) is 13.8 Å². The molecule has 1 amide bonds. The molecule has 0 saturated carbocycles. The summed E-state index contributed by atoms with van der Waals surface area (Å²) in [6, 6.07) is 0.467. The summed E-state index contributed by atoms with van der Waals surface area (Å²) < 4.78 is 5.02. The Labute approximate surface area is 90.7 Å². The van der Waals surface area contributed by atoms with E-state index in [4.69, 9.17) is 10.5 Å². The Balaban J connectivity index is 2.24. The van der Waals surface area contributed by atoms with Crippen LogP contribution in [-0.4, -0.2) is 37.4 Å². The molecule has 1 fully saturated rings. The number of ether oxygens (including phenoxy) is 1. The number of hydrogen-bond acceptors (Lipinski definition) is 4. The molecule has 0 bridgehead atoms. The van der Waals surface area contributed by atoms with E-state index in [1.165, 1.54) is 0 Å². The molecule has 88 valence electrons. The number of piperazine rings is 1. The maximum Gasteiger partial charge on any atom is 0.405 e. The summed E-state index contributed by atoms with van der Waals surface area (Å²) in [5.74, 6) is 0. The minimum atomic E-state index is -0.699. The summed E-state index contributed by atoms with van der Waals surface area (Å²) in [4.78, 5) is 10.6. The number of rotatable bonds is 4. The maximum atomic E-state index is 10.6. The first-order chi connectivity index (χ1) is 6.99. The molecule has 0 spiro atoms. The fourth-order valence-corrected chi connectivity index (χ4v) is 1.76. The highest BCUT2D eigenvalue weighted by atomic mass is 16.6. The van der Waals surface area contributed by atoms with Gasteiger partial charge in [-0.15, -0.1) is 0 Å². The molecule has 1 aliphatic heterocycles. The first kappa shape index (κ1) is 12.3. The van der Waals surface area contributed by atoms with Crippen LogP contribution in [0, 0.1) is 0 Å². The van der Waals surface area contributed by atoms with Gasteiger partial charge in [-0.05, 0) is 26.7 Å². The van der Waals surface area contributed by atoms with Gasteiger partial charge in [0, 0.05) is 25.7 Å². The summed E-state index contributed by atoms with van der Waals surface area (Å²) in [6.07, 6.45) is 1.09. The van der Waals surface area contributed by atoms with Crippen LogP contribution in [-0.2, 0) is 4.74 Å². The Kier molecular flexibility index (Phi) is 4.35. The normalized spacial score (nSPS) is 22.4. The number of amides is 1. The highest BCUT2D eigenvalue weighted by Crippen LogP contribution is 2.18. The molecule has 1 saturated heterocycles. The van der Waals surface area contributed by atoms with Crippen LogP contribution in [0.3, 0.4) is 0 Å². The highest BCUT2D eigenvalue weighted by molar-refractivity contribution is 5.65. The first-order valence-electron chi connectivity index (χ1n) is 5.42. The molecular weight excluding hydrogens is 194 g/mol. The highest BCUT2D eigenvalue weighted by Gasteiger charge is 2.23. The molecule has 0 aromatic rings. The van der Waals surface area contributed by atoms with Crippen molar-refractivity contribution in [3.8, 4) is 0 Å². The molecule has 1 atom stereocenters. The van der Waals surface area contributed by atoms with Gasteiger partial charge in [-0.2, -0.15) is 0 Å². The van der Waals surface area contributed by atoms with E-state index in [2.05, 4.69) is 10.6 Å². The van der Waals surface area contributed by atoms with Crippen LogP contribution in [0.15, 0.2) is 0 Å². The van der Waals surface area contributed by atoms with E-state index in [1.54, 1.807) is 0 Å². The van der Waals surface area contributed by atoms with Gasteiger partial charge in [0.1, 0.15) is 5.60 Å². The van der Waals surface area contributed by atoms with Crippen molar-refractivity contribution in [1.29, 1.82) is 0 Å². The average Bonchev–Trinajstić information content (AvgIpc) is 2.15. The van der Waals surface area contributed by atoms with E-state index in [0.717, 1.165) is 32.5 Å². The topological polar surface area (TPSA) is 76.4 Å². The van der Waals surface area contributed by atoms with Gasteiger partial charge >= 0.3 is 6.09 Å². The van der Waals surface area contributed by atoms with Gasteiger partial charge in [-0.25, -0.2) is 4.79 Å². The third-order valence-electron chi connectivity index (χ3n) is 2.60. The largest absolute Gasteiger partial charge is 0.444 e. The van der Waals surface area contributed by atoms with E-state index < -0.39 is 11.7 Å². The van der Waals surface area contributed by atoms with Crippen molar-refractivity contribution in [2.24, 2.45) is 5.73 Å². The second-order valence-electron chi connectivity index (χ2n) is 4.57. The predicted octanol–water partition coefficient (Wildman–Crippen LogP) is 0.202. The molecule has 0 aromatic carbocycles. The lowest BCUT2D eigenvalue weighted by Gasteiger charge is -2.29. The Morgan fingerprint density at radius 1 is 1.53 bits per heavy atom. The zero-order chi connectivity index (χ0) is 11.3.